The molecule has 1 N–H and O–H groups in total. The van der Waals surface area contributed by atoms with Gasteiger partial charge in [0.15, 0.2) is 0 Å². The number of carbonyl (C=O) groups excluding carboxylic acids is 1. The summed E-state index contributed by atoms with van der Waals surface area (Å²) >= 11 is 0. The van der Waals surface area contributed by atoms with Crippen LogP contribution in [0.15, 0.2) is 60.7 Å². The molecular weight excluding hydrogens is 428 g/mol. The fourth-order valence-corrected chi connectivity index (χ4v) is 4.09. The number of hydrogen-bond donors (Lipinski definition) is 1. The van der Waals surface area contributed by atoms with E-state index in [4.69, 9.17) is 14.6 Å². The molecule has 0 spiro atoms. The number of aromatic nitrogens is 2. The van der Waals surface area contributed by atoms with Crippen LogP contribution in [0.25, 0.3) is 11.3 Å². The monoisotopic (exact) mass is 462 g/mol. The largest absolute Gasteiger partial charge is 0.439 e. The number of aryl methyl sites for hydroxylation is 1. The second kappa shape index (κ2) is 10.3. The number of urea groups is 1. The van der Waals surface area contributed by atoms with E-state index in [2.05, 4.69) is 5.32 Å². The lowest BCUT2D eigenvalue weighted by atomic mass is 10.1. The van der Waals surface area contributed by atoms with Crippen molar-refractivity contribution in [2.24, 2.45) is 7.05 Å². The van der Waals surface area contributed by atoms with Crippen molar-refractivity contribution in [1.82, 2.24) is 20.0 Å². The van der Waals surface area contributed by atoms with E-state index in [1.165, 1.54) is 0 Å². The van der Waals surface area contributed by atoms with Crippen LogP contribution in [0.2, 0.25) is 0 Å². The Labute approximate surface area is 201 Å². The number of para-hydroxylation sites is 1. The second-order valence-corrected chi connectivity index (χ2v) is 9.73. The first-order valence-electron chi connectivity index (χ1n) is 11.8. The molecular formula is C27H34N4O3. The van der Waals surface area contributed by atoms with Crippen LogP contribution in [0.3, 0.4) is 0 Å². The third-order valence-corrected chi connectivity index (χ3v) is 5.66. The van der Waals surface area contributed by atoms with E-state index in [0.717, 1.165) is 42.0 Å². The summed E-state index contributed by atoms with van der Waals surface area (Å²) in [6, 6.07) is 19.5. The van der Waals surface area contributed by atoms with Gasteiger partial charge in [-0.15, -0.1) is 0 Å². The minimum atomic E-state index is -0.355. The lowest BCUT2D eigenvalue weighted by Gasteiger charge is -2.30. The molecule has 1 fully saturated rings. The normalized spacial score (nSPS) is 15.8. The molecule has 2 heterocycles. The molecule has 0 aliphatic carbocycles. The Morgan fingerprint density at radius 2 is 1.82 bits per heavy atom. The third kappa shape index (κ3) is 5.97. The Hall–Kier alpha value is -3.32. The van der Waals surface area contributed by atoms with Gasteiger partial charge in [0.05, 0.1) is 18.2 Å². The van der Waals surface area contributed by atoms with Gasteiger partial charge in [0.1, 0.15) is 11.4 Å². The van der Waals surface area contributed by atoms with Crippen LogP contribution in [-0.4, -0.2) is 45.5 Å². The summed E-state index contributed by atoms with van der Waals surface area (Å²) < 4.78 is 13.9. The Bertz CT molecular complexity index is 1080. The van der Waals surface area contributed by atoms with Crippen molar-refractivity contribution >= 4 is 6.03 Å². The van der Waals surface area contributed by atoms with Gasteiger partial charge in [-0.05, 0) is 45.7 Å². The maximum absolute atomic E-state index is 13.4. The summed E-state index contributed by atoms with van der Waals surface area (Å²) in [5.41, 5.74) is 2.28. The summed E-state index contributed by atoms with van der Waals surface area (Å²) in [5, 5.41) is 7.91. The summed E-state index contributed by atoms with van der Waals surface area (Å²) in [7, 11) is 1.87. The fraction of sp³-hybridized carbons (Fsp3) is 0.407. The zero-order chi connectivity index (χ0) is 24.1. The van der Waals surface area contributed by atoms with Crippen LogP contribution < -0.4 is 10.1 Å². The number of nitrogens with zero attached hydrogens (tertiary/aromatic N) is 3. The SMILES string of the molecule is Cn1nc(-c2ccccc2)c(CN(C[C@H]2CCCO2)C(=O)NC(C)(C)C)c1Oc1ccccc1. The quantitative estimate of drug-likeness (QED) is 0.513. The number of amides is 2. The lowest BCUT2D eigenvalue weighted by molar-refractivity contribution is 0.0780. The van der Waals surface area contributed by atoms with Gasteiger partial charge in [0.2, 0.25) is 5.88 Å². The van der Waals surface area contributed by atoms with Crippen molar-refractivity contribution in [3.8, 4) is 22.9 Å². The molecule has 1 aliphatic heterocycles. The molecule has 0 saturated carbocycles. The van der Waals surface area contributed by atoms with Crippen LogP contribution in [0.4, 0.5) is 4.79 Å². The third-order valence-electron chi connectivity index (χ3n) is 5.66. The van der Waals surface area contributed by atoms with Crippen molar-refractivity contribution in [2.45, 2.75) is 51.8 Å². The standard InChI is InChI=1S/C27H34N4O3/c1-27(2,3)28-26(32)31(18-22-16-11-17-33-22)19-23-24(20-12-7-5-8-13-20)29-30(4)25(23)34-21-14-9-6-10-15-21/h5-10,12-15,22H,11,16-19H2,1-4H3,(H,28,32)/t22-/m1/s1. The molecule has 0 unspecified atom stereocenters. The molecule has 1 saturated heterocycles. The minimum Gasteiger partial charge on any atom is -0.439 e. The van der Waals surface area contributed by atoms with Gasteiger partial charge in [-0.3, -0.25) is 0 Å². The van der Waals surface area contributed by atoms with Gasteiger partial charge in [-0.25, -0.2) is 9.48 Å². The van der Waals surface area contributed by atoms with Gasteiger partial charge in [0, 0.05) is 31.3 Å². The van der Waals surface area contributed by atoms with Crippen LogP contribution in [0.5, 0.6) is 11.6 Å². The van der Waals surface area contributed by atoms with Crippen molar-refractivity contribution in [1.29, 1.82) is 0 Å². The molecule has 2 aromatic carbocycles. The lowest BCUT2D eigenvalue weighted by Crippen LogP contribution is -2.50. The van der Waals surface area contributed by atoms with Gasteiger partial charge < -0.3 is 19.7 Å². The Balaban J connectivity index is 1.72. The van der Waals surface area contributed by atoms with Crippen molar-refractivity contribution in [2.75, 3.05) is 13.2 Å². The number of carbonyl (C=O) groups is 1. The van der Waals surface area contributed by atoms with E-state index in [1.807, 2.05) is 93.4 Å². The number of rotatable bonds is 7. The van der Waals surface area contributed by atoms with Gasteiger partial charge in [0.25, 0.3) is 0 Å². The van der Waals surface area contributed by atoms with E-state index < -0.39 is 0 Å². The molecule has 1 aromatic heterocycles. The smallest absolute Gasteiger partial charge is 0.318 e. The maximum Gasteiger partial charge on any atom is 0.318 e. The molecule has 1 atom stereocenters. The van der Waals surface area contributed by atoms with Crippen LogP contribution in [0.1, 0.15) is 39.2 Å². The van der Waals surface area contributed by atoms with Gasteiger partial charge in [-0.1, -0.05) is 48.5 Å². The molecule has 0 bridgehead atoms. The first-order chi connectivity index (χ1) is 16.3. The Morgan fingerprint density at radius 3 is 2.44 bits per heavy atom. The predicted molar refractivity (Wildman–Crippen MR) is 133 cm³/mol. The molecule has 2 amide bonds. The molecule has 4 rings (SSSR count). The molecule has 7 nitrogen and oxygen atoms in total. The van der Waals surface area contributed by atoms with Gasteiger partial charge in [-0.2, -0.15) is 5.10 Å². The molecule has 3 aromatic rings. The molecule has 180 valence electrons. The molecule has 7 heteroatoms. The fourth-order valence-electron chi connectivity index (χ4n) is 4.09. The predicted octanol–water partition coefficient (Wildman–Crippen LogP) is 5.37. The summed E-state index contributed by atoms with van der Waals surface area (Å²) in [6.45, 7) is 7.55. The highest BCUT2D eigenvalue weighted by molar-refractivity contribution is 5.76. The van der Waals surface area contributed by atoms with Crippen molar-refractivity contribution in [3.63, 3.8) is 0 Å². The van der Waals surface area contributed by atoms with E-state index in [0.29, 0.717) is 19.0 Å². The summed E-state index contributed by atoms with van der Waals surface area (Å²) in [4.78, 5) is 15.2. The highest BCUT2D eigenvalue weighted by Crippen LogP contribution is 2.34. The average molecular weight is 463 g/mol. The van der Waals surface area contributed by atoms with Crippen LogP contribution in [-0.2, 0) is 18.3 Å². The van der Waals surface area contributed by atoms with E-state index in [1.54, 1.807) is 4.68 Å². The molecule has 0 radical (unpaired) electrons. The van der Waals surface area contributed by atoms with Gasteiger partial charge >= 0.3 is 6.03 Å². The van der Waals surface area contributed by atoms with E-state index in [-0.39, 0.29) is 17.7 Å². The second-order valence-electron chi connectivity index (χ2n) is 9.73. The number of benzene rings is 2. The van der Waals surface area contributed by atoms with E-state index in [9.17, 15) is 4.79 Å². The first kappa shape index (κ1) is 23.8. The maximum atomic E-state index is 13.4. The zero-order valence-corrected chi connectivity index (χ0v) is 20.5. The Kier molecular flexibility index (Phi) is 7.22. The minimum absolute atomic E-state index is 0.0288. The van der Waals surface area contributed by atoms with Crippen molar-refractivity contribution in [3.05, 3.63) is 66.2 Å². The highest BCUT2D eigenvalue weighted by Gasteiger charge is 2.29. The zero-order valence-electron chi connectivity index (χ0n) is 20.5. The summed E-state index contributed by atoms with van der Waals surface area (Å²) in [6.07, 6.45) is 2.00. The number of ether oxygens (including phenoxy) is 2. The number of hydrogen-bond acceptors (Lipinski definition) is 4. The first-order valence-corrected chi connectivity index (χ1v) is 11.8. The topological polar surface area (TPSA) is 68.6 Å². The van der Waals surface area contributed by atoms with Crippen LogP contribution in [0, 0.1) is 0 Å². The van der Waals surface area contributed by atoms with Crippen molar-refractivity contribution < 1.29 is 14.3 Å². The van der Waals surface area contributed by atoms with E-state index >= 15 is 0 Å². The molecule has 1 aliphatic rings. The average Bonchev–Trinajstić information content (AvgIpc) is 3.42. The number of nitrogens with one attached hydrogen (secondary N) is 1. The summed E-state index contributed by atoms with van der Waals surface area (Å²) in [5.74, 6) is 1.34. The molecule has 34 heavy (non-hydrogen) atoms. The van der Waals surface area contributed by atoms with Crippen LogP contribution >= 0.6 is 0 Å². The Morgan fingerprint density at radius 1 is 1.15 bits per heavy atom. The highest BCUT2D eigenvalue weighted by atomic mass is 16.5.